The highest BCUT2D eigenvalue weighted by Gasteiger charge is 2.21. The minimum Gasteiger partial charge on any atom is -0.265 e. The molecule has 8 heteroatoms. The number of thiophene rings is 1. The van der Waals surface area contributed by atoms with Crippen molar-refractivity contribution in [1.82, 2.24) is 19.7 Å². The second-order valence-corrected chi connectivity index (χ2v) is 10.6. The largest absolute Gasteiger partial charge is 0.265 e. The van der Waals surface area contributed by atoms with Crippen LogP contribution in [0.2, 0.25) is 0 Å². The zero-order valence-corrected chi connectivity index (χ0v) is 18.8. The summed E-state index contributed by atoms with van der Waals surface area (Å²) in [6, 6.07) is 12.7. The van der Waals surface area contributed by atoms with Crippen molar-refractivity contribution >= 4 is 21.2 Å². The molecule has 1 aromatic carbocycles. The molecule has 4 rings (SSSR count). The van der Waals surface area contributed by atoms with Crippen LogP contribution >= 0.6 is 11.3 Å². The van der Waals surface area contributed by atoms with Crippen molar-refractivity contribution in [2.24, 2.45) is 0 Å². The highest BCUT2D eigenvalue weighted by molar-refractivity contribution is 7.90. The van der Waals surface area contributed by atoms with Crippen LogP contribution in [0.4, 0.5) is 0 Å². The second kappa shape index (κ2) is 7.77. The lowest BCUT2D eigenvalue weighted by molar-refractivity contribution is 0.571. The summed E-state index contributed by atoms with van der Waals surface area (Å²) in [4.78, 5) is 11.4. The van der Waals surface area contributed by atoms with Crippen molar-refractivity contribution in [2.45, 2.75) is 31.7 Å². The van der Waals surface area contributed by atoms with Crippen LogP contribution in [-0.4, -0.2) is 34.4 Å². The lowest BCUT2D eigenvalue weighted by Crippen LogP contribution is -2.10. The molecule has 30 heavy (non-hydrogen) atoms. The summed E-state index contributed by atoms with van der Waals surface area (Å²) < 4.78 is 25.9. The lowest BCUT2D eigenvalue weighted by atomic mass is 10.1. The van der Waals surface area contributed by atoms with Gasteiger partial charge in [0.25, 0.3) is 0 Å². The highest BCUT2D eigenvalue weighted by atomic mass is 32.2. The van der Waals surface area contributed by atoms with Crippen molar-refractivity contribution in [1.29, 1.82) is 0 Å². The minimum absolute atomic E-state index is 0.0648. The molecule has 4 aromatic rings. The molecule has 0 N–H and O–H groups in total. The summed E-state index contributed by atoms with van der Waals surface area (Å²) >= 11 is 1.68. The van der Waals surface area contributed by atoms with Gasteiger partial charge in [0.1, 0.15) is 0 Å². The molecular weight excluding hydrogens is 416 g/mol. The van der Waals surface area contributed by atoms with E-state index in [4.69, 9.17) is 10.1 Å². The van der Waals surface area contributed by atoms with E-state index in [-0.39, 0.29) is 10.9 Å². The van der Waals surface area contributed by atoms with E-state index in [2.05, 4.69) is 31.8 Å². The Hall–Kier alpha value is -2.84. The summed E-state index contributed by atoms with van der Waals surface area (Å²) in [5, 5.41) is 4.79. The second-order valence-electron chi connectivity index (χ2n) is 7.31. The van der Waals surface area contributed by atoms with Crippen LogP contribution in [0.3, 0.4) is 0 Å². The van der Waals surface area contributed by atoms with Gasteiger partial charge < -0.3 is 0 Å². The molecule has 0 aliphatic carbocycles. The molecule has 0 bridgehead atoms. The molecule has 3 aromatic heterocycles. The van der Waals surface area contributed by atoms with Crippen molar-refractivity contribution in [2.75, 3.05) is 6.26 Å². The molecule has 0 aliphatic rings. The average molecular weight is 439 g/mol. The molecule has 0 spiro atoms. The van der Waals surface area contributed by atoms with Crippen molar-refractivity contribution in [3.8, 4) is 22.1 Å². The molecule has 1 atom stereocenters. The Morgan fingerprint density at radius 1 is 1.07 bits per heavy atom. The quantitative estimate of drug-likeness (QED) is 0.451. The Bertz CT molecular complexity index is 1290. The third kappa shape index (κ3) is 3.93. The minimum atomic E-state index is -3.32. The first-order valence-corrected chi connectivity index (χ1v) is 12.2. The van der Waals surface area contributed by atoms with Gasteiger partial charge in [-0.2, -0.15) is 0 Å². The van der Waals surface area contributed by atoms with Crippen LogP contribution in [0, 0.1) is 13.8 Å². The first-order chi connectivity index (χ1) is 14.2. The zero-order chi connectivity index (χ0) is 21.5. The maximum absolute atomic E-state index is 12.0. The fraction of sp³-hybridized carbons (Fsp3) is 0.227. The maximum Gasteiger partial charge on any atom is 0.181 e. The van der Waals surface area contributed by atoms with Crippen molar-refractivity contribution in [3.05, 3.63) is 70.9 Å². The molecule has 1 unspecified atom stereocenters. The van der Waals surface area contributed by atoms with Gasteiger partial charge >= 0.3 is 0 Å². The topological polar surface area (TPSA) is 77.7 Å². The van der Waals surface area contributed by atoms with Gasteiger partial charge in [-0.05, 0) is 62.2 Å². The standard InChI is InChI=1S/C22H22N4O2S2/c1-14-12-20(29-16(14)3)22-24-21(18-6-5-7-19(13-18)30(4,27)28)25-26(22)15(2)17-8-10-23-11-9-17/h5-13,15H,1-4H3. The third-order valence-corrected chi connectivity index (χ3v) is 7.35. The van der Waals surface area contributed by atoms with E-state index in [0.29, 0.717) is 11.4 Å². The number of hydrogen-bond acceptors (Lipinski definition) is 6. The molecule has 0 amide bonds. The molecule has 3 heterocycles. The summed E-state index contributed by atoms with van der Waals surface area (Å²) in [5.41, 5.74) is 2.95. The zero-order valence-electron chi connectivity index (χ0n) is 17.2. The smallest absolute Gasteiger partial charge is 0.181 e. The van der Waals surface area contributed by atoms with Crippen LogP contribution < -0.4 is 0 Å². The lowest BCUT2D eigenvalue weighted by Gasteiger charge is -2.14. The van der Waals surface area contributed by atoms with E-state index in [0.717, 1.165) is 16.3 Å². The van der Waals surface area contributed by atoms with Gasteiger partial charge in [-0.1, -0.05) is 12.1 Å². The van der Waals surface area contributed by atoms with Gasteiger partial charge in [0.05, 0.1) is 15.8 Å². The van der Waals surface area contributed by atoms with Gasteiger partial charge in [-0.15, -0.1) is 16.4 Å². The van der Waals surface area contributed by atoms with E-state index < -0.39 is 9.84 Å². The predicted octanol–water partition coefficient (Wildman–Crippen LogP) is 4.70. The van der Waals surface area contributed by atoms with Crippen molar-refractivity contribution in [3.63, 3.8) is 0 Å². The molecule has 0 radical (unpaired) electrons. The number of pyridine rings is 1. The molecule has 6 nitrogen and oxygen atoms in total. The molecule has 154 valence electrons. The Balaban J connectivity index is 1.88. The van der Waals surface area contributed by atoms with Gasteiger partial charge in [0.15, 0.2) is 21.5 Å². The van der Waals surface area contributed by atoms with Gasteiger partial charge in [-0.25, -0.2) is 18.1 Å². The van der Waals surface area contributed by atoms with Crippen LogP contribution in [0.5, 0.6) is 0 Å². The average Bonchev–Trinajstić information content (AvgIpc) is 3.31. The van der Waals surface area contributed by atoms with E-state index >= 15 is 0 Å². The SMILES string of the molecule is Cc1cc(-c2nc(-c3cccc(S(C)(=O)=O)c3)nn2C(C)c2ccncc2)sc1C. The Kier molecular flexibility index (Phi) is 5.29. The predicted molar refractivity (Wildman–Crippen MR) is 119 cm³/mol. The number of nitrogens with zero attached hydrogens (tertiary/aromatic N) is 4. The fourth-order valence-corrected chi connectivity index (χ4v) is 4.90. The molecule has 0 saturated heterocycles. The maximum atomic E-state index is 12.0. The van der Waals surface area contributed by atoms with Crippen LogP contribution in [0.15, 0.2) is 59.8 Å². The Morgan fingerprint density at radius 3 is 2.43 bits per heavy atom. The summed E-state index contributed by atoms with van der Waals surface area (Å²) in [5.74, 6) is 1.26. The van der Waals surface area contributed by atoms with E-state index in [1.165, 1.54) is 16.7 Å². The number of rotatable bonds is 5. The van der Waals surface area contributed by atoms with Crippen LogP contribution in [-0.2, 0) is 9.84 Å². The first kappa shape index (κ1) is 20.4. The van der Waals surface area contributed by atoms with Crippen LogP contribution in [0.25, 0.3) is 22.1 Å². The monoisotopic (exact) mass is 438 g/mol. The van der Waals surface area contributed by atoms with Crippen LogP contribution in [0.1, 0.15) is 29.0 Å². The number of sulfone groups is 1. The van der Waals surface area contributed by atoms with Gasteiger partial charge in [-0.3, -0.25) is 4.98 Å². The summed E-state index contributed by atoms with van der Waals surface area (Å²) in [7, 11) is -3.32. The van der Waals surface area contributed by atoms with Gasteiger partial charge in [0, 0.05) is 29.1 Å². The Morgan fingerprint density at radius 2 is 1.80 bits per heavy atom. The summed E-state index contributed by atoms with van der Waals surface area (Å²) in [6.45, 7) is 6.24. The van der Waals surface area contributed by atoms with E-state index in [9.17, 15) is 8.42 Å². The molecule has 0 fully saturated rings. The molecule has 0 aliphatic heterocycles. The fourth-order valence-electron chi connectivity index (χ4n) is 3.22. The van der Waals surface area contributed by atoms with E-state index in [1.807, 2.05) is 22.9 Å². The number of aryl methyl sites for hydroxylation is 2. The number of hydrogen-bond donors (Lipinski definition) is 0. The molecular formula is C22H22N4O2S2. The number of aromatic nitrogens is 4. The van der Waals surface area contributed by atoms with Gasteiger partial charge in [0.2, 0.25) is 0 Å². The summed E-state index contributed by atoms with van der Waals surface area (Å²) in [6.07, 6.45) is 4.73. The number of benzene rings is 1. The van der Waals surface area contributed by atoms with E-state index in [1.54, 1.807) is 41.9 Å². The normalized spacial score (nSPS) is 12.8. The first-order valence-electron chi connectivity index (χ1n) is 9.48. The Labute approximate surface area is 180 Å². The third-order valence-electron chi connectivity index (χ3n) is 5.09. The van der Waals surface area contributed by atoms with Crippen molar-refractivity contribution < 1.29 is 8.42 Å². The highest BCUT2D eigenvalue weighted by Crippen LogP contribution is 2.34. The molecule has 0 saturated carbocycles.